The molecule has 8 nitrogen and oxygen atoms in total. The van der Waals surface area contributed by atoms with Gasteiger partial charge in [0.25, 0.3) is 5.91 Å². The molecule has 3 N–H and O–H groups in total. The molecule has 0 spiro atoms. The molecule has 1 aliphatic rings. The van der Waals surface area contributed by atoms with E-state index < -0.39 is 0 Å². The summed E-state index contributed by atoms with van der Waals surface area (Å²) < 4.78 is 0. The lowest BCUT2D eigenvalue weighted by Gasteiger charge is -2.34. The molecule has 1 atom stereocenters. The number of hydrogen-bond donors (Lipinski definition) is 3. The Bertz CT molecular complexity index is 711. The summed E-state index contributed by atoms with van der Waals surface area (Å²) in [6.45, 7) is 2.17. The zero-order valence-corrected chi connectivity index (χ0v) is 14.8. The third kappa shape index (κ3) is 4.65. The van der Waals surface area contributed by atoms with Crippen molar-refractivity contribution in [3.05, 3.63) is 42.2 Å². The third-order valence-electron chi connectivity index (χ3n) is 4.91. The van der Waals surface area contributed by atoms with Gasteiger partial charge in [0.1, 0.15) is 6.33 Å². The molecule has 8 heteroatoms. The van der Waals surface area contributed by atoms with Crippen LogP contribution in [0.1, 0.15) is 55.0 Å². The Kier molecular flexibility index (Phi) is 5.93. The Balaban J connectivity index is 1.52. The summed E-state index contributed by atoms with van der Waals surface area (Å²) in [6.07, 6.45) is 7.07. The average Bonchev–Trinajstić information content (AvgIpc) is 3.20. The Hall–Kier alpha value is -2.77. The molecule has 0 aromatic carbocycles. The molecular weight excluding hydrogens is 332 g/mol. The van der Waals surface area contributed by atoms with Crippen LogP contribution < -0.4 is 10.6 Å². The molecule has 2 amide bonds. The molecule has 1 unspecified atom stereocenters. The number of nitrogens with zero attached hydrogens (tertiary/aromatic N) is 3. The van der Waals surface area contributed by atoms with Gasteiger partial charge in [-0.25, -0.2) is 4.98 Å². The normalized spacial score (nSPS) is 21.0. The van der Waals surface area contributed by atoms with E-state index >= 15 is 0 Å². The number of nitrogens with one attached hydrogen (secondary N) is 3. The molecule has 0 radical (unpaired) electrons. The van der Waals surface area contributed by atoms with Gasteiger partial charge in [0, 0.05) is 19.7 Å². The van der Waals surface area contributed by atoms with Gasteiger partial charge in [-0.05, 0) is 49.7 Å². The summed E-state index contributed by atoms with van der Waals surface area (Å²) in [6, 6.07) is 5.73. The van der Waals surface area contributed by atoms with E-state index in [1.807, 2.05) is 18.2 Å². The van der Waals surface area contributed by atoms with Gasteiger partial charge in [0.15, 0.2) is 0 Å². The average molecular weight is 356 g/mol. The maximum Gasteiger partial charge on any atom is 0.288 e. The van der Waals surface area contributed by atoms with Crippen molar-refractivity contribution in [3.8, 4) is 0 Å². The maximum atomic E-state index is 11.9. The van der Waals surface area contributed by atoms with Gasteiger partial charge < -0.3 is 10.6 Å². The number of amides is 2. The van der Waals surface area contributed by atoms with Gasteiger partial charge in [-0.15, -0.1) is 0 Å². The van der Waals surface area contributed by atoms with Gasteiger partial charge in [-0.2, -0.15) is 5.10 Å². The van der Waals surface area contributed by atoms with Crippen molar-refractivity contribution >= 4 is 11.8 Å². The lowest BCUT2D eigenvalue weighted by atomic mass is 9.77. The van der Waals surface area contributed by atoms with E-state index in [1.54, 1.807) is 13.1 Å². The quantitative estimate of drug-likeness (QED) is 0.728. The highest BCUT2D eigenvalue weighted by molar-refractivity contribution is 5.90. The van der Waals surface area contributed by atoms with Gasteiger partial charge in [0.05, 0.1) is 11.7 Å². The Labute approximate surface area is 152 Å². The molecule has 1 fully saturated rings. The number of carbonyl (C=O) groups is 2. The van der Waals surface area contributed by atoms with Crippen LogP contribution in [-0.2, 0) is 4.79 Å². The Morgan fingerprint density at radius 1 is 1.23 bits per heavy atom. The van der Waals surface area contributed by atoms with Gasteiger partial charge >= 0.3 is 0 Å². The first-order valence-electron chi connectivity index (χ1n) is 8.95. The minimum Gasteiger partial charge on any atom is -0.349 e. The third-order valence-corrected chi connectivity index (χ3v) is 4.91. The lowest BCUT2D eigenvalue weighted by Crippen LogP contribution is -2.36. The molecule has 3 rings (SSSR count). The van der Waals surface area contributed by atoms with Crippen molar-refractivity contribution in [1.29, 1.82) is 0 Å². The molecule has 26 heavy (non-hydrogen) atoms. The Morgan fingerprint density at radius 3 is 2.65 bits per heavy atom. The predicted octanol–water partition coefficient (Wildman–Crippen LogP) is 1.61. The van der Waals surface area contributed by atoms with E-state index in [1.165, 1.54) is 6.33 Å². The van der Waals surface area contributed by atoms with E-state index in [2.05, 4.69) is 30.8 Å². The summed E-state index contributed by atoms with van der Waals surface area (Å²) in [5, 5.41) is 12.2. The van der Waals surface area contributed by atoms with Crippen molar-refractivity contribution < 1.29 is 9.59 Å². The van der Waals surface area contributed by atoms with Crippen molar-refractivity contribution in [3.63, 3.8) is 0 Å². The summed E-state index contributed by atoms with van der Waals surface area (Å²) >= 11 is 0. The second-order valence-electron chi connectivity index (χ2n) is 6.76. The molecule has 0 bridgehead atoms. The van der Waals surface area contributed by atoms with Crippen molar-refractivity contribution in [2.45, 2.75) is 38.6 Å². The summed E-state index contributed by atoms with van der Waals surface area (Å²) in [5.41, 5.74) is 0.907. The minimum absolute atomic E-state index is 0.0397. The zero-order chi connectivity index (χ0) is 18.4. The van der Waals surface area contributed by atoms with Crippen LogP contribution in [0.2, 0.25) is 0 Å². The number of aromatic nitrogens is 4. The Morgan fingerprint density at radius 2 is 2.04 bits per heavy atom. The fraction of sp³-hybridized carbons (Fsp3) is 0.500. The molecule has 1 saturated carbocycles. The highest BCUT2D eigenvalue weighted by Gasteiger charge is 2.30. The van der Waals surface area contributed by atoms with E-state index in [4.69, 9.17) is 0 Å². The number of aromatic amines is 1. The molecule has 2 aromatic heterocycles. The summed E-state index contributed by atoms with van der Waals surface area (Å²) in [7, 11) is 0. The lowest BCUT2D eigenvalue weighted by molar-refractivity contribution is -0.120. The van der Waals surface area contributed by atoms with Crippen molar-refractivity contribution in [1.82, 2.24) is 30.8 Å². The molecule has 2 aromatic rings. The van der Waals surface area contributed by atoms with Crippen LogP contribution >= 0.6 is 0 Å². The number of H-pyrrole nitrogens is 1. The highest BCUT2D eigenvalue weighted by atomic mass is 16.2. The predicted molar refractivity (Wildman–Crippen MR) is 95.0 cm³/mol. The SMILES string of the molecule is CC(=O)NC(c1ccccn1)C1CCC(CNC(=O)c2ncn[nH]2)CC1. The second kappa shape index (κ2) is 8.55. The first kappa shape index (κ1) is 18.0. The zero-order valence-electron chi connectivity index (χ0n) is 14.8. The van der Waals surface area contributed by atoms with Crippen LogP contribution in [0, 0.1) is 11.8 Å². The molecule has 138 valence electrons. The summed E-state index contributed by atoms with van der Waals surface area (Å²) in [4.78, 5) is 31.8. The van der Waals surface area contributed by atoms with Crippen LogP contribution in [0.5, 0.6) is 0 Å². The van der Waals surface area contributed by atoms with Crippen LogP contribution in [0.15, 0.2) is 30.7 Å². The maximum absolute atomic E-state index is 11.9. The number of carbonyl (C=O) groups excluding carboxylic acids is 2. The minimum atomic E-state index is -0.228. The first-order valence-corrected chi connectivity index (χ1v) is 8.95. The fourth-order valence-corrected chi connectivity index (χ4v) is 3.57. The van der Waals surface area contributed by atoms with E-state index in [9.17, 15) is 9.59 Å². The fourth-order valence-electron chi connectivity index (χ4n) is 3.57. The molecule has 0 aliphatic heterocycles. The smallest absolute Gasteiger partial charge is 0.288 e. The first-order chi connectivity index (χ1) is 12.6. The second-order valence-corrected chi connectivity index (χ2v) is 6.76. The van der Waals surface area contributed by atoms with Crippen LogP contribution in [0.4, 0.5) is 0 Å². The monoisotopic (exact) mass is 356 g/mol. The topological polar surface area (TPSA) is 113 Å². The highest BCUT2D eigenvalue weighted by Crippen LogP contribution is 2.36. The summed E-state index contributed by atoms with van der Waals surface area (Å²) in [5.74, 6) is 0.755. The molecule has 0 saturated heterocycles. The standard InChI is InChI=1S/C18H24N6O2/c1-12(25)23-16(15-4-2-3-9-19-15)14-7-5-13(6-8-14)10-20-18(26)17-21-11-22-24-17/h2-4,9,11,13-14,16H,5-8,10H2,1H3,(H,20,26)(H,23,25)(H,21,22,24). The van der Waals surface area contributed by atoms with E-state index in [0.29, 0.717) is 18.4 Å². The van der Waals surface area contributed by atoms with Crippen molar-refractivity contribution in [2.75, 3.05) is 6.54 Å². The van der Waals surface area contributed by atoms with Crippen LogP contribution in [-0.4, -0.2) is 38.5 Å². The van der Waals surface area contributed by atoms with Gasteiger partial charge in [-0.1, -0.05) is 6.07 Å². The number of rotatable bonds is 6. The van der Waals surface area contributed by atoms with Crippen LogP contribution in [0.25, 0.3) is 0 Å². The molecular formula is C18H24N6O2. The van der Waals surface area contributed by atoms with Crippen molar-refractivity contribution in [2.24, 2.45) is 11.8 Å². The van der Waals surface area contributed by atoms with E-state index in [0.717, 1.165) is 31.4 Å². The largest absolute Gasteiger partial charge is 0.349 e. The molecule has 1 aliphatic carbocycles. The van der Waals surface area contributed by atoms with Gasteiger partial charge in [-0.3, -0.25) is 19.7 Å². The van der Waals surface area contributed by atoms with Crippen LogP contribution in [0.3, 0.4) is 0 Å². The van der Waals surface area contributed by atoms with E-state index in [-0.39, 0.29) is 23.7 Å². The molecule has 2 heterocycles. The number of pyridine rings is 1. The van der Waals surface area contributed by atoms with Gasteiger partial charge in [0.2, 0.25) is 11.7 Å². The number of hydrogen-bond acceptors (Lipinski definition) is 5.